The van der Waals surface area contributed by atoms with Crippen molar-refractivity contribution in [3.05, 3.63) is 0 Å². The Morgan fingerprint density at radius 3 is 1.78 bits per heavy atom. The molecular formula is C5H13Cl2NO. The smallest absolute Gasteiger partial charge is 0.0480 e. The monoisotopic (exact) mass is 173 g/mol. The fourth-order valence-corrected chi connectivity index (χ4v) is 0.716. The second-order valence-corrected chi connectivity index (χ2v) is 1.95. The number of nitrogens with two attached hydrogens (primary N) is 1. The van der Waals surface area contributed by atoms with Crippen LogP contribution in [-0.2, 0) is 4.74 Å². The van der Waals surface area contributed by atoms with Crippen molar-refractivity contribution in [2.45, 2.75) is 18.9 Å². The molecule has 0 radical (unpaired) electrons. The molecular weight excluding hydrogens is 161 g/mol. The Hall–Kier alpha value is 0.500. The van der Waals surface area contributed by atoms with Gasteiger partial charge >= 0.3 is 0 Å². The highest BCUT2D eigenvalue weighted by Crippen LogP contribution is 2.01. The second kappa shape index (κ2) is 6.62. The lowest BCUT2D eigenvalue weighted by Gasteiger charge is -2.16. The Kier molecular flexibility index (Phi) is 8.97. The Morgan fingerprint density at radius 1 is 1.11 bits per heavy atom. The molecule has 0 amide bonds. The molecule has 4 heteroatoms. The standard InChI is InChI=1S/C5H11NO.2ClH/c6-5-1-3-7-4-2-5;;/h5H,1-4,6H2;2*1H. The van der Waals surface area contributed by atoms with Gasteiger partial charge in [-0.05, 0) is 12.8 Å². The summed E-state index contributed by atoms with van der Waals surface area (Å²) >= 11 is 0. The van der Waals surface area contributed by atoms with Gasteiger partial charge in [0.2, 0.25) is 0 Å². The predicted molar refractivity (Wildman–Crippen MR) is 42.5 cm³/mol. The minimum absolute atomic E-state index is 0. The molecule has 0 aromatic rings. The SMILES string of the molecule is Cl.Cl.NC1CCOCC1. The van der Waals surface area contributed by atoms with Crippen LogP contribution in [0.15, 0.2) is 0 Å². The van der Waals surface area contributed by atoms with Crippen LogP contribution in [0.25, 0.3) is 0 Å². The van der Waals surface area contributed by atoms with Crippen LogP contribution in [0.1, 0.15) is 12.8 Å². The molecule has 1 aliphatic heterocycles. The van der Waals surface area contributed by atoms with Crippen molar-refractivity contribution in [3.8, 4) is 0 Å². The molecule has 1 fully saturated rings. The number of halogens is 2. The minimum Gasteiger partial charge on any atom is -0.381 e. The van der Waals surface area contributed by atoms with Crippen LogP contribution in [0.5, 0.6) is 0 Å². The molecule has 2 N–H and O–H groups in total. The van der Waals surface area contributed by atoms with Crippen LogP contribution < -0.4 is 5.73 Å². The zero-order chi connectivity index (χ0) is 5.11. The molecule has 0 bridgehead atoms. The third-order valence-corrected chi connectivity index (χ3v) is 1.27. The van der Waals surface area contributed by atoms with Crippen LogP contribution in [0.2, 0.25) is 0 Å². The van der Waals surface area contributed by atoms with Crippen LogP contribution in [0, 0.1) is 0 Å². The first kappa shape index (κ1) is 12.2. The maximum absolute atomic E-state index is 5.55. The van der Waals surface area contributed by atoms with Crippen LogP contribution in [-0.4, -0.2) is 19.3 Å². The average molecular weight is 174 g/mol. The molecule has 0 aromatic heterocycles. The highest BCUT2D eigenvalue weighted by molar-refractivity contribution is 5.85. The first-order valence-electron chi connectivity index (χ1n) is 2.73. The van der Waals surface area contributed by atoms with E-state index in [0.717, 1.165) is 26.1 Å². The van der Waals surface area contributed by atoms with Gasteiger partial charge < -0.3 is 10.5 Å². The van der Waals surface area contributed by atoms with Gasteiger partial charge in [0.25, 0.3) is 0 Å². The number of ether oxygens (including phenoxy) is 1. The summed E-state index contributed by atoms with van der Waals surface area (Å²) in [5.41, 5.74) is 5.55. The summed E-state index contributed by atoms with van der Waals surface area (Å²) in [6.45, 7) is 1.72. The molecule has 1 rings (SSSR count). The van der Waals surface area contributed by atoms with Gasteiger partial charge in [-0.1, -0.05) is 0 Å². The van der Waals surface area contributed by atoms with E-state index >= 15 is 0 Å². The van der Waals surface area contributed by atoms with E-state index in [1.165, 1.54) is 0 Å². The van der Waals surface area contributed by atoms with Crippen LogP contribution >= 0.6 is 24.8 Å². The second-order valence-electron chi connectivity index (χ2n) is 1.95. The van der Waals surface area contributed by atoms with Gasteiger partial charge in [-0.15, -0.1) is 24.8 Å². The van der Waals surface area contributed by atoms with Gasteiger partial charge in [0.05, 0.1) is 0 Å². The predicted octanol–water partition coefficient (Wildman–Crippen LogP) is 0.968. The zero-order valence-electron chi connectivity index (χ0n) is 5.21. The zero-order valence-corrected chi connectivity index (χ0v) is 6.84. The van der Waals surface area contributed by atoms with E-state index in [2.05, 4.69) is 0 Å². The summed E-state index contributed by atoms with van der Waals surface area (Å²) in [6.07, 6.45) is 2.08. The van der Waals surface area contributed by atoms with Gasteiger partial charge in [0.1, 0.15) is 0 Å². The third-order valence-electron chi connectivity index (χ3n) is 1.27. The Morgan fingerprint density at radius 2 is 1.56 bits per heavy atom. The molecule has 0 aromatic carbocycles. The molecule has 0 aliphatic carbocycles. The van der Waals surface area contributed by atoms with Crippen molar-refractivity contribution in [3.63, 3.8) is 0 Å². The average Bonchev–Trinajstić information content (AvgIpc) is 1.69. The van der Waals surface area contributed by atoms with E-state index in [1.807, 2.05) is 0 Å². The van der Waals surface area contributed by atoms with Crippen LogP contribution in [0.4, 0.5) is 0 Å². The van der Waals surface area contributed by atoms with Crippen molar-refractivity contribution in [1.29, 1.82) is 0 Å². The van der Waals surface area contributed by atoms with Crippen molar-refractivity contribution in [2.75, 3.05) is 13.2 Å². The Bertz CT molecular complexity index is 56.9. The van der Waals surface area contributed by atoms with Gasteiger partial charge in [-0.3, -0.25) is 0 Å². The van der Waals surface area contributed by atoms with E-state index in [4.69, 9.17) is 10.5 Å². The van der Waals surface area contributed by atoms with E-state index in [9.17, 15) is 0 Å². The maximum atomic E-state index is 5.55. The number of hydrogen-bond acceptors (Lipinski definition) is 2. The van der Waals surface area contributed by atoms with Gasteiger partial charge in [0.15, 0.2) is 0 Å². The van der Waals surface area contributed by atoms with E-state index in [0.29, 0.717) is 6.04 Å². The van der Waals surface area contributed by atoms with E-state index in [-0.39, 0.29) is 24.8 Å². The highest BCUT2D eigenvalue weighted by Gasteiger charge is 2.06. The summed E-state index contributed by atoms with van der Waals surface area (Å²) in [4.78, 5) is 0. The molecule has 1 saturated heterocycles. The first-order chi connectivity index (χ1) is 3.39. The summed E-state index contributed by atoms with van der Waals surface area (Å²) in [5.74, 6) is 0. The largest absolute Gasteiger partial charge is 0.381 e. The van der Waals surface area contributed by atoms with Crippen LogP contribution in [0.3, 0.4) is 0 Å². The summed E-state index contributed by atoms with van der Waals surface area (Å²) in [6, 6.07) is 0.411. The molecule has 58 valence electrons. The minimum atomic E-state index is 0. The highest BCUT2D eigenvalue weighted by atomic mass is 35.5. The quantitative estimate of drug-likeness (QED) is 0.593. The lowest BCUT2D eigenvalue weighted by Crippen LogP contribution is -2.28. The molecule has 1 aliphatic rings. The fourth-order valence-electron chi connectivity index (χ4n) is 0.716. The fraction of sp³-hybridized carbons (Fsp3) is 1.00. The molecule has 1 heterocycles. The van der Waals surface area contributed by atoms with Gasteiger partial charge in [-0.2, -0.15) is 0 Å². The van der Waals surface area contributed by atoms with Gasteiger partial charge in [0, 0.05) is 19.3 Å². The first-order valence-corrected chi connectivity index (χ1v) is 2.73. The molecule has 9 heavy (non-hydrogen) atoms. The lowest BCUT2D eigenvalue weighted by molar-refractivity contribution is 0.0866. The molecule has 0 atom stereocenters. The third kappa shape index (κ3) is 4.97. The molecule has 0 spiro atoms. The summed E-state index contributed by atoms with van der Waals surface area (Å²) < 4.78 is 5.06. The topological polar surface area (TPSA) is 35.2 Å². The lowest BCUT2D eigenvalue weighted by atomic mass is 10.1. The number of hydrogen-bond donors (Lipinski definition) is 1. The Labute approximate surface area is 68.0 Å². The van der Waals surface area contributed by atoms with Crippen molar-refractivity contribution >= 4 is 24.8 Å². The van der Waals surface area contributed by atoms with Crippen molar-refractivity contribution in [2.24, 2.45) is 5.73 Å². The van der Waals surface area contributed by atoms with Crippen molar-refractivity contribution < 1.29 is 4.74 Å². The molecule has 0 unspecified atom stereocenters. The summed E-state index contributed by atoms with van der Waals surface area (Å²) in [7, 11) is 0. The maximum Gasteiger partial charge on any atom is 0.0480 e. The van der Waals surface area contributed by atoms with E-state index < -0.39 is 0 Å². The van der Waals surface area contributed by atoms with Gasteiger partial charge in [-0.25, -0.2) is 0 Å². The normalized spacial score (nSPS) is 19.7. The molecule has 2 nitrogen and oxygen atoms in total. The molecule has 0 saturated carbocycles. The Balaban J connectivity index is 0. The number of rotatable bonds is 0. The van der Waals surface area contributed by atoms with E-state index in [1.54, 1.807) is 0 Å². The van der Waals surface area contributed by atoms with Crippen molar-refractivity contribution in [1.82, 2.24) is 0 Å². The summed E-state index contributed by atoms with van der Waals surface area (Å²) in [5, 5.41) is 0.